The third-order valence-corrected chi connectivity index (χ3v) is 13.5. The highest BCUT2D eigenvalue weighted by molar-refractivity contribution is 6.39. The second-order valence-corrected chi connectivity index (χ2v) is 18.2. The second-order valence-electron chi connectivity index (χ2n) is 18.2. The lowest BCUT2D eigenvalue weighted by Gasteiger charge is -2.42. The van der Waals surface area contributed by atoms with Gasteiger partial charge in [0.25, 0.3) is 11.7 Å². The number of Topliss-reactive ketones (excluding diaryl/α,β-unsaturated/α-hetero) is 2. The largest absolute Gasteiger partial charge is 0.460 e. The molecular weight excluding hydrogens is 755 g/mol. The van der Waals surface area contributed by atoms with E-state index < -0.39 is 65.9 Å². The number of allylic oxidation sites excluding steroid dienone is 5. The Morgan fingerprint density at radius 1 is 0.881 bits per heavy atom. The number of aliphatic hydroxyl groups is 4. The number of rotatable bonds is 4. The van der Waals surface area contributed by atoms with Gasteiger partial charge in [-0.2, -0.15) is 0 Å². The van der Waals surface area contributed by atoms with Gasteiger partial charge in [0, 0.05) is 44.8 Å². The molecule has 12 nitrogen and oxygen atoms in total. The normalized spacial score (nSPS) is 40.5. The summed E-state index contributed by atoms with van der Waals surface area (Å²) in [5.41, 5.74) is 1.50. The summed E-state index contributed by atoms with van der Waals surface area (Å²) in [4.78, 5) is 56.8. The fourth-order valence-electron chi connectivity index (χ4n) is 9.04. The quantitative estimate of drug-likeness (QED) is 0.147. The first-order valence-electron chi connectivity index (χ1n) is 22.2. The average Bonchev–Trinajstić information content (AvgIpc) is 3.21. The van der Waals surface area contributed by atoms with E-state index in [1.54, 1.807) is 27.0 Å². The number of ketones is 2. The molecule has 4 rings (SSSR count). The molecule has 0 aromatic heterocycles. The zero-order valence-electron chi connectivity index (χ0n) is 36.6. The van der Waals surface area contributed by atoms with Crippen LogP contribution >= 0.6 is 0 Å². The molecule has 3 heterocycles. The van der Waals surface area contributed by atoms with Crippen LogP contribution in [-0.2, 0) is 33.4 Å². The third-order valence-electron chi connectivity index (χ3n) is 13.5. The molecule has 2 saturated heterocycles. The smallest absolute Gasteiger partial charge is 0.329 e. The molecule has 0 aromatic rings. The Balaban J connectivity index is 1.64. The average molecular weight is 828 g/mol. The second kappa shape index (κ2) is 22.7. The van der Waals surface area contributed by atoms with Gasteiger partial charge in [0.15, 0.2) is 0 Å². The minimum atomic E-state index is -2.39. The van der Waals surface area contributed by atoms with E-state index in [0.717, 1.165) is 12.0 Å². The van der Waals surface area contributed by atoms with Crippen molar-refractivity contribution in [2.45, 2.75) is 180 Å². The Morgan fingerprint density at radius 3 is 2.34 bits per heavy atom. The highest BCUT2D eigenvalue weighted by atomic mass is 16.6. The van der Waals surface area contributed by atoms with Crippen LogP contribution in [0.1, 0.15) is 131 Å². The molecule has 1 saturated carbocycles. The lowest BCUT2D eigenvalue weighted by molar-refractivity contribution is -0.265. The molecule has 1 amide bonds. The van der Waals surface area contributed by atoms with Gasteiger partial charge in [0.1, 0.15) is 17.9 Å². The summed E-state index contributed by atoms with van der Waals surface area (Å²) in [6, 6.07) is -1.06. The van der Waals surface area contributed by atoms with E-state index in [2.05, 4.69) is 13.0 Å². The minimum absolute atomic E-state index is 0.0256. The number of hydrogen-bond donors (Lipinski definition) is 4. The Labute approximate surface area is 352 Å². The zero-order valence-corrected chi connectivity index (χ0v) is 36.6. The number of nitrogens with zero attached hydrogens (tertiary/aromatic N) is 1. The zero-order chi connectivity index (χ0) is 43.4. The highest BCUT2D eigenvalue weighted by Gasteiger charge is 2.53. The van der Waals surface area contributed by atoms with Crippen LogP contribution in [0, 0.1) is 29.6 Å². The summed E-state index contributed by atoms with van der Waals surface area (Å²) in [7, 11) is 1.60. The lowest BCUT2D eigenvalue weighted by atomic mass is 9.79. The van der Waals surface area contributed by atoms with Crippen LogP contribution in [0.2, 0.25) is 0 Å². The number of aliphatic hydroxyl groups excluding tert-OH is 3. The van der Waals surface area contributed by atoms with E-state index in [1.807, 2.05) is 45.1 Å². The number of carbonyl (C=O) groups excluding carboxylic acids is 4. The van der Waals surface area contributed by atoms with Crippen molar-refractivity contribution in [2.24, 2.45) is 29.6 Å². The van der Waals surface area contributed by atoms with Crippen molar-refractivity contribution in [3.63, 3.8) is 0 Å². The maximum Gasteiger partial charge on any atom is 0.329 e. The maximum absolute atomic E-state index is 14.2. The first kappa shape index (κ1) is 48.7. The van der Waals surface area contributed by atoms with Gasteiger partial charge in [-0.15, -0.1) is 0 Å². The number of carbonyl (C=O) groups is 4. The fraction of sp³-hybridized carbons (Fsp3) is 0.745. The Bertz CT molecular complexity index is 1550. The minimum Gasteiger partial charge on any atom is -0.460 e. The lowest BCUT2D eigenvalue weighted by Crippen LogP contribution is -2.61. The molecule has 332 valence electrons. The van der Waals surface area contributed by atoms with Gasteiger partial charge >= 0.3 is 5.97 Å². The van der Waals surface area contributed by atoms with E-state index in [-0.39, 0.29) is 61.4 Å². The monoisotopic (exact) mass is 828 g/mol. The predicted molar refractivity (Wildman–Crippen MR) is 225 cm³/mol. The van der Waals surface area contributed by atoms with E-state index >= 15 is 0 Å². The van der Waals surface area contributed by atoms with Crippen molar-refractivity contribution in [2.75, 3.05) is 13.7 Å². The van der Waals surface area contributed by atoms with Gasteiger partial charge in [0.05, 0.1) is 30.5 Å². The standard InChI is InChI=1S/C47H73NO11/c1-29-13-9-8-10-14-32(4)43(57-7)27-36-21-19-34(6)47(56,59-36)44(53)45(54)48-24-12-11-15-37(48)46(55)58-42(33(5)25-35-20-22-38(49)41(52)26-35)23-18-31(3)40(51)28-39(50)30(2)17-16-29/h8-10,13-14,18,29-30,33-38,40-43,49,51-52,56H,11-12,15-17,19-28H2,1-7H3/b10-8+,13-9+,31-18+,32-14+/t29-,30-,33-,34-,35+,36+,37+,38-,40+,41-,42?,43+,47-/m1/s1. The molecule has 0 radical (unpaired) electrons. The van der Waals surface area contributed by atoms with Crippen LogP contribution in [0.15, 0.2) is 47.6 Å². The van der Waals surface area contributed by atoms with Crippen molar-refractivity contribution in [3.8, 4) is 0 Å². The molecular formula is C47H73NO11. The summed E-state index contributed by atoms with van der Waals surface area (Å²) in [5.74, 6) is -5.95. The predicted octanol–water partition coefficient (Wildman–Crippen LogP) is 6.09. The Hall–Kier alpha value is -3.00. The number of methoxy groups -OCH3 is 1. The number of esters is 1. The molecule has 4 N–H and O–H groups in total. The van der Waals surface area contributed by atoms with Gasteiger partial charge in [-0.3, -0.25) is 14.4 Å². The fourth-order valence-corrected chi connectivity index (χ4v) is 9.04. The van der Waals surface area contributed by atoms with Gasteiger partial charge in [-0.25, -0.2) is 4.79 Å². The number of amides is 1. The van der Waals surface area contributed by atoms with Crippen LogP contribution in [-0.4, -0.2) is 111 Å². The molecule has 59 heavy (non-hydrogen) atoms. The van der Waals surface area contributed by atoms with Crippen molar-refractivity contribution < 1.29 is 53.8 Å². The van der Waals surface area contributed by atoms with E-state index in [1.165, 1.54) is 4.90 Å². The Morgan fingerprint density at radius 2 is 1.63 bits per heavy atom. The van der Waals surface area contributed by atoms with Crippen molar-refractivity contribution in [1.82, 2.24) is 4.90 Å². The van der Waals surface area contributed by atoms with Crippen molar-refractivity contribution >= 4 is 23.4 Å². The highest BCUT2D eigenvalue weighted by Crippen LogP contribution is 2.37. The molecule has 12 heteroatoms. The molecule has 1 unspecified atom stereocenters. The third kappa shape index (κ3) is 13.5. The van der Waals surface area contributed by atoms with Gasteiger partial charge in [-0.05, 0) is 113 Å². The molecule has 3 fully saturated rings. The first-order valence-corrected chi connectivity index (χ1v) is 22.2. The molecule has 2 bridgehead atoms. The number of ether oxygens (including phenoxy) is 3. The summed E-state index contributed by atoms with van der Waals surface area (Å²) in [5, 5.41) is 43.5. The first-order chi connectivity index (χ1) is 27.9. The number of hydrogen-bond acceptors (Lipinski definition) is 11. The molecule has 4 aliphatic rings. The summed E-state index contributed by atoms with van der Waals surface area (Å²) in [6.45, 7) is 11.5. The van der Waals surface area contributed by atoms with Crippen LogP contribution in [0.3, 0.4) is 0 Å². The maximum atomic E-state index is 14.2. The van der Waals surface area contributed by atoms with Gasteiger partial charge in [0.2, 0.25) is 5.79 Å². The van der Waals surface area contributed by atoms with Crippen LogP contribution in [0.25, 0.3) is 0 Å². The molecule has 1 aliphatic carbocycles. The van der Waals surface area contributed by atoms with E-state index in [0.29, 0.717) is 69.8 Å². The topological polar surface area (TPSA) is 180 Å². The molecule has 13 atom stereocenters. The SMILES string of the molecule is CO[C@H]1C[C@@H]2CC[C@@H](C)[C@@](O)(O2)C(=O)C(=O)N2CCCC[C@H]2C(=O)OC([C@H](C)C[C@@H]2CC[C@@H](O)[C@H](O)C2)C/C=C(\C)[C@@H](O)CC(=O)[C@H](C)CC[C@H](C)/C=C/C=C/C=C/1C. The number of piperidine rings is 1. The van der Waals surface area contributed by atoms with Gasteiger partial charge < -0.3 is 39.5 Å². The Kier molecular flexibility index (Phi) is 18.7. The molecule has 0 spiro atoms. The van der Waals surface area contributed by atoms with E-state index in [4.69, 9.17) is 14.2 Å². The van der Waals surface area contributed by atoms with Crippen molar-refractivity contribution in [1.29, 1.82) is 0 Å². The molecule has 0 aromatic carbocycles. The van der Waals surface area contributed by atoms with Crippen LogP contribution in [0.5, 0.6) is 0 Å². The summed E-state index contributed by atoms with van der Waals surface area (Å²) >= 11 is 0. The van der Waals surface area contributed by atoms with Crippen LogP contribution in [0.4, 0.5) is 0 Å². The van der Waals surface area contributed by atoms with Crippen molar-refractivity contribution in [3.05, 3.63) is 47.6 Å². The number of fused-ring (bicyclic) bond motifs is 3. The van der Waals surface area contributed by atoms with Gasteiger partial charge in [-0.1, -0.05) is 64.2 Å². The van der Waals surface area contributed by atoms with Crippen LogP contribution < -0.4 is 0 Å². The van der Waals surface area contributed by atoms with E-state index in [9.17, 15) is 39.6 Å². The summed E-state index contributed by atoms with van der Waals surface area (Å²) < 4.78 is 18.2. The number of cyclic esters (lactones) is 1. The summed E-state index contributed by atoms with van der Waals surface area (Å²) in [6.07, 6.45) is 14.2. The molecule has 3 aliphatic heterocycles.